The van der Waals surface area contributed by atoms with E-state index in [1.807, 2.05) is 0 Å². The van der Waals surface area contributed by atoms with Crippen LogP contribution in [0.1, 0.15) is 10.4 Å². The number of pyridine rings is 1. The van der Waals surface area contributed by atoms with Gasteiger partial charge in [0.2, 0.25) is 0 Å². The molecular formula is C19H8BrCl2NO4. The van der Waals surface area contributed by atoms with Crippen molar-refractivity contribution < 1.29 is 13.9 Å². The molecule has 4 aromatic rings. The summed E-state index contributed by atoms with van der Waals surface area (Å²) in [5.74, 6) is -0.878. The Morgan fingerprint density at radius 1 is 1.11 bits per heavy atom. The van der Waals surface area contributed by atoms with Gasteiger partial charge < -0.3 is 9.15 Å². The monoisotopic (exact) mass is 463 g/mol. The van der Waals surface area contributed by atoms with Crippen molar-refractivity contribution in [2.45, 2.75) is 0 Å². The molecule has 0 fully saturated rings. The van der Waals surface area contributed by atoms with Gasteiger partial charge in [0.25, 0.3) is 0 Å². The number of halogens is 3. The van der Waals surface area contributed by atoms with E-state index in [0.29, 0.717) is 26.9 Å². The Hall–Kier alpha value is -2.41. The van der Waals surface area contributed by atoms with Crippen LogP contribution in [0.15, 0.2) is 62.3 Å². The maximum Gasteiger partial charge on any atom is 0.351 e. The Balaban J connectivity index is 1.82. The zero-order valence-corrected chi connectivity index (χ0v) is 16.4. The summed E-state index contributed by atoms with van der Waals surface area (Å²) in [7, 11) is 0. The fraction of sp³-hybridized carbons (Fsp3) is 0. The predicted octanol–water partition coefficient (Wildman–Crippen LogP) is 5.63. The lowest BCUT2D eigenvalue weighted by atomic mass is 10.2. The summed E-state index contributed by atoms with van der Waals surface area (Å²) < 4.78 is 11.4. The third-order valence-electron chi connectivity index (χ3n) is 3.86. The molecule has 0 spiro atoms. The van der Waals surface area contributed by atoms with Crippen LogP contribution in [0.4, 0.5) is 0 Å². The maximum absolute atomic E-state index is 12.6. The highest BCUT2D eigenvalue weighted by molar-refractivity contribution is 9.10. The van der Waals surface area contributed by atoms with Gasteiger partial charge in [0.1, 0.15) is 16.7 Å². The van der Waals surface area contributed by atoms with Crippen LogP contribution in [0, 0.1) is 0 Å². The minimum absolute atomic E-state index is 0.0235. The second-order valence-corrected chi connectivity index (χ2v) is 7.32. The molecule has 27 heavy (non-hydrogen) atoms. The molecule has 8 heteroatoms. The van der Waals surface area contributed by atoms with Gasteiger partial charge in [-0.05, 0) is 42.5 Å². The van der Waals surface area contributed by atoms with Crippen LogP contribution in [0.3, 0.4) is 0 Å². The molecule has 0 bridgehead atoms. The van der Waals surface area contributed by atoms with Crippen LogP contribution >= 0.6 is 39.1 Å². The lowest BCUT2D eigenvalue weighted by molar-refractivity contribution is 0.0732. The fourth-order valence-electron chi connectivity index (χ4n) is 2.63. The molecule has 4 rings (SSSR count). The van der Waals surface area contributed by atoms with Crippen molar-refractivity contribution in [2.24, 2.45) is 0 Å². The SMILES string of the molecule is O=C(Oc1c(Cl)cc(Cl)c2cccnc12)c1cc2cc(Br)ccc2oc1=O. The minimum Gasteiger partial charge on any atom is -0.422 e. The van der Waals surface area contributed by atoms with Crippen LogP contribution < -0.4 is 10.4 Å². The number of hydrogen-bond acceptors (Lipinski definition) is 5. The lowest BCUT2D eigenvalue weighted by Crippen LogP contribution is -2.19. The second-order valence-electron chi connectivity index (χ2n) is 5.59. The molecule has 2 aromatic heterocycles. The number of benzene rings is 2. The Morgan fingerprint density at radius 3 is 2.74 bits per heavy atom. The zero-order valence-electron chi connectivity index (χ0n) is 13.3. The van der Waals surface area contributed by atoms with Gasteiger partial charge in [0.15, 0.2) is 5.75 Å². The van der Waals surface area contributed by atoms with Gasteiger partial charge in [-0.25, -0.2) is 9.59 Å². The summed E-state index contributed by atoms with van der Waals surface area (Å²) in [6.07, 6.45) is 1.52. The molecule has 0 aliphatic carbocycles. The largest absolute Gasteiger partial charge is 0.422 e. The summed E-state index contributed by atoms with van der Waals surface area (Å²) in [6, 6.07) is 11.4. The van der Waals surface area contributed by atoms with E-state index in [4.69, 9.17) is 32.4 Å². The molecule has 2 aromatic carbocycles. The summed E-state index contributed by atoms with van der Waals surface area (Å²) in [6.45, 7) is 0. The van der Waals surface area contributed by atoms with Gasteiger partial charge in [-0.1, -0.05) is 39.1 Å². The van der Waals surface area contributed by atoms with Gasteiger partial charge >= 0.3 is 11.6 Å². The molecular weight excluding hydrogens is 457 g/mol. The van der Waals surface area contributed by atoms with Gasteiger partial charge in [-0.15, -0.1) is 0 Å². The number of carbonyl (C=O) groups is 1. The Morgan fingerprint density at radius 2 is 1.93 bits per heavy atom. The van der Waals surface area contributed by atoms with Crippen molar-refractivity contribution >= 4 is 67.0 Å². The number of aromatic nitrogens is 1. The molecule has 5 nitrogen and oxygen atoms in total. The zero-order chi connectivity index (χ0) is 19.1. The molecule has 0 N–H and O–H groups in total. The van der Waals surface area contributed by atoms with Crippen LogP contribution in [0.5, 0.6) is 5.75 Å². The van der Waals surface area contributed by atoms with E-state index < -0.39 is 11.6 Å². The van der Waals surface area contributed by atoms with Crippen LogP contribution in [0.25, 0.3) is 21.9 Å². The Bertz CT molecular complexity index is 1290. The molecule has 134 valence electrons. The minimum atomic E-state index is -0.901. The number of nitrogens with zero attached hydrogens (tertiary/aromatic N) is 1. The average molecular weight is 465 g/mol. The Labute approximate surface area is 170 Å². The predicted molar refractivity (Wildman–Crippen MR) is 107 cm³/mol. The van der Waals surface area contributed by atoms with Gasteiger partial charge in [0, 0.05) is 21.4 Å². The number of esters is 1. The molecule has 0 saturated carbocycles. The fourth-order valence-corrected chi connectivity index (χ4v) is 3.56. The van der Waals surface area contributed by atoms with Crippen molar-refractivity contribution in [3.63, 3.8) is 0 Å². The standard InChI is InChI=1S/C19H8BrCl2NO4/c20-10-3-4-15-9(6-10)7-12(18(24)26-15)19(25)27-17-14(22)8-13(21)11-2-1-5-23-16(11)17/h1-8H. The van der Waals surface area contributed by atoms with E-state index in [1.165, 1.54) is 18.3 Å². The first kappa shape index (κ1) is 18.0. The lowest BCUT2D eigenvalue weighted by Gasteiger charge is -2.10. The van der Waals surface area contributed by atoms with Gasteiger partial charge in [-0.2, -0.15) is 0 Å². The molecule has 0 atom stereocenters. The topological polar surface area (TPSA) is 69.4 Å². The third kappa shape index (κ3) is 3.32. The van der Waals surface area contributed by atoms with E-state index in [1.54, 1.807) is 30.3 Å². The van der Waals surface area contributed by atoms with Crippen LogP contribution in [-0.4, -0.2) is 11.0 Å². The summed E-state index contributed by atoms with van der Waals surface area (Å²) in [5, 5.41) is 1.62. The number of carbonyl (C=O) groups excluding carboxylic acids is 1. The van der Waals surface area contributed by atoms with E-state index in [-0.39, 0.29) is 16.3 Å². The van der Waals surface area contributed by atoms with Crippen molar-refractivity contribution in [2.75, 3.05) is 0 Å². The average Bonchev–Trinajstić information content (AvgIpc) is 2.64. The van der Waals surface area contributed by atoms with E-state index >= 15 is 0 Å². The molecule has 0 saturated heterocycles. The van der Waals surface area contributed by atoms with Gasteiger partial charge in [0.05, 0.1) is 10.0 Å². The summed E-state index contributed by atoms with van der Waals surface area (Å²) in [4.78, 5) is 29.0. The normalized spacial score (nSPS) is 11.1. The number of hydrogen-bond donors (Lipinski definition) is 0. The molecule has 0 aliphatic heterocycles. The first-order valence-electron chi connectivity index (χ1n) is 7.62. The van der Waals surface area contributed by atoms with Crippen molar-refractivity contribution in [1.29, 1.82) is 0 Å². The van der Waals surface area contributed by atoms with Crippen LogP contribution in [-0.2, 0) is 0 Å². The highest BCUT2D eigenvalue weighted by atomic mass is 79.9. The van der Waals surface area contributed by atoms with Crippen molar-refractivity contribution in [3.05, 3.63) is 79.2 Å². The first-order chi connectivity index (χ1) is 12.9. The summed E-state index contributed by atoms with van der Waals surface area (Å²) in [5.41, 5.74) is -0.388. The van der Waals surface area contributed by atoms with Crippen LogP contribution in [0.2, 0.25) is 10.0 Å². The molecule has 0 unspecified atom stereocenters. The maximum atomic E-state index is 12.6. The molecule has 2 heterocycles. The quantitative estimate of drug-likeness (QED) is 0.218. The summed E-state index contributed by atoms with van der Waals surface area (Å²) >= 11 is 15.7. The third-order valence-corrected chi connectivity index (χ3v) is 4.95. The highest BCUT2D eigenvalue weighted by Gasteiger charge is 2.20. The van der Waals surface area contributed by atoms with E-state index in [9.17, 15) is 9.59 Å². The number of rotatable bonds is 2. The second kappa shape index (κ2) is 6.96. The molecule has 0 amide bonds. The van der Waals surface area contributed by atoms with Crippen molar-refractivity contribution in [1.82, 2.24) is 4.98 Å². The van der Waals surface area contributed by atoms with E-state index in [0.717, 1.165) is 4.47 Å². The van der Waals surface area contributed by atoms with Crippen molar-refractivity contribution in [3.8, 4) is 5.75 Å². The molecule has 0 aliphatic rings. The highest BCUT2D eigenvalue weighted by Crippen LogP contribution is 2.37. The smallest absolute Gasteiger partial charge is 0.351 e. The molecule has 0 radical (unpaired) electrons. The van der Waals surface area contributed by atoms with E-state index in [2.05, 4.69) is 20.9 Å². The Kier molecular flexibility index (Phi) is 4.63. The number of fused-ring (bicyclic) bond motifs is 2. The first-order valence-corrected chi connectivity index (χ1v) is 9.17. The van der Waals surface area contributed by atoms with Gasteiger partial charge in [-0.3, -0.25) is 4.98 Å². The number of ether oxygens (including phenoxy) is 1.